The number of hydrogen-bond donors (Lipinski definition) is 3. The van der Waals surface area contributed by atoms with Crippen LogP contribution in [0.2, 0.25) is 0 Å². The number of benzene rings is 3. The third-order valence-electron chi connectivity index (χ3n) is 7.07. The molecule has 0 atom stereocenters. The number of carbonyl (C=O) groups excluding carboxylic acids is 2. The van der Waals surface area contributed by atoms with Crippen molar-refractivity contribution in [1.29, 1.82) is 0 Å². The number of urea groups is 1. The summed E-state index contributed by atoms with van der Waals surface area (Å²) in [5, 5.41) is 15.2. The van der Waals surface area contributed by atoms with Gasteiger partial charge in [0.15, 0.2) is 0 Å². The quantitative estimate of drug-likeness (QED) is 0.184. The second kappa shape index (κ2) is 14.7. The average molecular weight is 573 g/mol. The summed E-state index contributed by atoms with van der Waals surface area (Å²) in [6.07, 6.45) is 7.57. The second-order valence-electron chi connectivity index (χ2n) is 10.1. The van der Waals surface area contributed by atoms with E-state index in [0.717, 1.165) is 31.2 Å². The number of ether oxygens (including phenoxy) is 3. The number of carboxylic acid groups (broad SMARTS) is 1. The average Bonchev–Trinajstić information content (AvgIpc) is 3.00. The molecule has 0 spiro atoms. The maximum atomic E-state index is 12.2. The van der Waals surface area contributed by atoms with Crippen molar-refractivity contribution in [1.82, 2.24) is 10.6 Å². The number of carbonyl (C=O) groups is 3. The minimum absolute atomic E-state index is 0.108. The maximum absolute atomic E-state index is 12.2. The summed E-state index contributed by atoms with van der Waals surface area (Å²) in [6.45, 7) is 0. The summed E-state index contributed by atoms with van der Waals surface area (Å²) < 4.78 is 16.5. The van der Waals surface area contributed by atoms with Gasteiger partial charge in [-0.15, -0.1) is 0 Å². The van der Waals surface area contributed by atoms with Crippen molar-refractivity contribution in [3.05, 3.63) is 83.4 Å². The first-order chi connectivity index (χ1) is 20.3. The number of imide groups is 1. The van der Waals surface area contributed by atoms with Gasteiger partial charge in [-0.1, -0.05) is 43.5 Å². The van der Waals surface area contributed by atoms with E-state index >= 15 is 0 Å². The molecule has 3 amide bonds. The van der Waals surface area contributed by atoms with Gasteiger partial charge in [-0.3, -0.25) is 10.1 Å². The molecule has 0 saturated heterocycles. The van der Waals surface area contributed by atoms with Crippen LogP contribution < -0.4 is 24.8 Å². The summed E-state index contributed by atoms with van der Waals surface area (Å²) >= 11 is 0. The third-order valence-corrected chi connectivity index (χ3v) is 7.07. The van der Waals surface area contributed by atoms with Gasteiger partial charge in [0.2, 0.25) is 5.91 Å². The van der Waals surface area contributed by atoms with Crippen LogP contribution in [-0.4, -0.2) is 43.3 Å². The molecular weight excluding hydrogens is 536 g/mol. The van der Waals surface area contributed by atoms with E-state index in [9.17, 15) is 19.5 Å². The highest BCUT2D eigenvalue weighted by molar-refractivity contribution is 6.20. The van der Waals surface area contributed by atoms with Crippen molar-refractivity contribution < 1.29 is 33.7 Å². The molecule has 1 saturated carbocycles. The molecular formula is C33H36N2O7. The van der Waals surface area contributed by atoms with Crippen LogP contribution in [0.3, 0.4) is 0 Å². The Morgan fingerprint density at radius 3 is 2.00 bits per heavy atom. The fourth-order valence-corrected chi connectivity index (χ4v) is 4.83. The van der Waals surface area contributed by atoms with E-state index in [1.54, 1.807) is 60.7 Å². The molecule has 42 heavy (non-hydrogen) atoms. The summed E-state index contributed by atoms with van der Waals surface area (Å²) in [4.78, 5) is 36.3. The topological polar surface area (TPSA) is 123 Å². The molecule has 0 bridgehead atoms. The molecule has 1 fully saturated rings. The molecule has 9 heteroatoms. The lowest BCUT2D eigenvalue weighted by atomic mass is 9.96. The van der Waals surface area contributed by atoms with Crippen molar-refractivity contribution in [3.8, 4) is 23.0 Å². The van der Waals surface area contributed by atoms with E-state index in [1.165, 1.54) is 20.6 Å². The molecule has 0 heterocycles. The van der Waals surface area contributed by atoms with Gasteiger partial charge in [-0.2, -0.15) is 0 Å². The first-order valence-electron chi connectivity index (χ1n) is 14.0. The van der Waals surface area contributed by atoms with Crippen LogP contribution in [0, 0.1) is 0 Å². The monoisotopic (exact) mass is 572 g/mol. The van der Waals surface area contributed by atoms with Crippen LogP contribution in [0.25, 0.3) is 11.6 Å². The van der Waals surface area contributed by atoms with Gasteiger partial charge in [0.05, 0.1) is 19.8 Å². The highest BCUT2D eigenvalue weighted by atomic mass is 16.5. The molecule has 3 N–H and O–H groups in total. The van der Waals surface area contributed by atoms with Gasteiger partial charge < -0.3 is 24.6 Å². The van der Waals surface area contributed by atoms with Gasteiger partial charge in [-0.25, -0.2) is 9.59 Å². The first kappa shape index (κ1) is 30.2. The number of hydrogen-bond acceptors (Lipinski definition) is 6. The van der Waals surface area contributed by atoms with Gasteiger partial charge in [0.1, 0.15) is 23.0 Å². The van der Waals surface area contributed by atoms with E-state index in [-0.39, 0.29) is 23.9 Å². The normalized spacial score (nSPS) is 13.6. The standard InChI is InChI=1S/C33H36N2O7/c1-40-28-18-23(19-29(21-28)41-2)20-30(32(37)38)24-11-15-27(16-12-24)42-26-13-8-22(9-14-26)10-17-31(36)35-33(39)34-25-6-4-3-5-7-25/h8-9,11-16,18-21,25H,3-7,10,17H2,1-2H3,(H,37,38)(H2,34,35,36,39)/b30-20+. The maximum Gasteiger partial charge on any atom is 0.336 e. The smallest absolute Gasteiger partial charge is 0.336 e. The Hall–Kier alpha value is -4.79. The minimum Gasteiger partial charge on any atom is -0.497 e. The summed E-state index contributed by atoms with van der Waals surface area (Å²) in [6, 6.07) is 19.0. The SMILES string of the molecule is COc1cc(/C=C(/C(=O)O)c2ccc(Oc3ccc(CCC(=O)NC(=O)NC4CCCCC4)cc3)cc2)cc(OC)c1. The molecule has 3 aromatic rings. The van der Waals surface area contributed by atoms with Crippen LogP contribution in [0.4, 0.5) is 4.79 Å². The Morgan fingerprint density at radius 1 is 0.833 bits per heavy atom. The highest BCUT2D eigenvalue weighted by Crippen LogP contribution is 2.28. The van der Waals surface area contributed by atoms with E-state index in [2.05, 4.69) is 10.6 Å². The molecule has 1 aliphatic carbocycles. The predicted molar refractivity (Wildman–Crippen MR) is 160 cm³/mol. The Morgan fingerprint density at radius 2 is 1.43 bits per heavy atom. The number of carboxylic acids is 1. The van der Waals surface area contributed by atoms with Gasteiger partial charge in [0, 0.05) is 18.5 Å². The van der Waals surface area contributed by atoms with Gasteiger partial charge in [-0.05, 0) is 78.4 Å². The van der Waals surface area contributed by atoms with Crippen molar-refractivity contribution in [2.45, 2.75) is 51.0 Å². The largest absolute Gasteiger partial charge is 0.497 e. The van der Waals surface area contributed by atoms with Gasteiger partial charge >= 0.3 is 12.0 Å². The molecule has 4 rings (SSSR count). The van der Waals surface area contributed by atoms with Gasteiger partial charge in [0.25, 0.3) is 0 Å². The van der Waals surface area contributed by atoms with Crippen molar-refractivity contribution in [3.63, 3.8) is 0 Å². The van der Waals surface area contributed by atoms with Crippen LogP contribution >= 0.6 is 0 Å². The fourth-order valence-electron chi connectivity index (χ4n) is 4.83. The van der Waals surface area contributed by atoms with Crippen LogP contribution in [0.5, 0.6) is 23.0 Å². The molecule has 0 radical (unpaired) electrons. The van der Waals surface area contributed by atoms with Crippen molar-refractivity contribution in [2.24, 2.45) is 0 Å². The molecule has 220 valence electrons. The summed E-state index contributed by atoms with van der Waals surface area (Å²) in [5.74, 6) is 0.868. The van der Waals surface area contributed by atoms with E-state index < -0.39 is 12.0 Å². The zero-order valence-corrected chi connectivity index (χ0v) is 23.9. The lowest BCUT2D eigenvalue weighted by molar-refractivity contribution is -0.130. The van der Waals surface area contributed by atoms with Crippen LogP contribution in [-0.2, 0) is 16.0 Å². The first-order valence-corrected chi connectivity index (χ1v) is 14.0. The number of nitrogens with one attached hydrogen (secondary N) is 2. The fraction of sp³-hybridized carbons (Fsp3) is 0.303. The highest BCUT2D eigenvalue weighted by Gasteiger charge is 2.17. The Balaban J connectivity index is 1.31. The molecule has 0 unspecified atom stereocenters. The van der Waals surface area contributed by atoms with E-state index in [4.69, 9.17) is 14.2 Å². The Kier molecular flexibility index (Phi) is 10.6. The summed E-state index contributed by atoms with van der Waals surface area (Å²) in [5.41, 5.74) is 2.18. The molecule has 0 aliphatic heterocycles. The Labute approximate surface area is 245 Å². The Bertz CT molecular complexity index is 1390. The predicted octanol–water partition coefficient (Wildman–Crippen LogP) is 6.21. The lowest BCUT2D eigenvalue weighted by Gasteiger charge is -2.22. The third kappa shape index (κ3) is 8.86. The van der Waals surface area contributed by atoms with Crippen LogP contribution in [0.15, 0.2) is 66.7 Å². The molecule has 9 nitrogen and oxygen atoms in total. The second-order valence-corrected chi connectivity index (χ2v) is 10.1. The summed E-state index contributed by atoms with van der Waals surface area (Å²) in [7, 11) is 3.07. The lowest BCUT2D eigenvalue weighted by Crippen LogP contribution is -2.45. The molecule has 3 aromatic carbocycles. The van der Waals surface area contributed by atoms with Crippen molar-refractivity contribution >= 4 is 29.6 Å². The number of rotatable bonds is 11. The number of aliphatic carboxylic acids is 1. The number of methoxy groups -OCH3 is 2. The van der Waals surface area contributed by atoms with E-state index in [1.807, 2.05) is 12.1 Å². The molecule has 1 aliphatic rings. The zero-order valence-electron chi connectivity index (χ0n) is 23.9. The zero-order chi connectivity index (χ0) is 29.9. The van der Waals surface area contributed by atoms with Crippen LogP contribution in [0.1, 0.15) is 55.2 Å². The minimum atomic E-state index is -1.07. The number of amides is 3. The number of aryl methyl sites for hydroxylation is 1. The van der Waals surface area contributed by atoms with E-state index in [0.29, 0.717) is 40.5 Å². The van der Waals surface area contributed by atoms with Crippen molar-refractivity contribution in [2.75, 3.05) is 14.2 Å². The molecule has 0 aromatic heterocycles.